The average molecular weight is 421 g/mol. The van der Waals surface area contributed by atoms with Crippen LogP contribution in [0.15, 0.2) is 30.3 Å². The monoisotopic (exact) mass is 419 g/mol. The minimum Gasteiger partial charge on any atom is -0.497 e. The molecule has 1 aromatic carbocycles. The van der Waals surface area contributed by atoms with E-state index in [-0.39, 0.29) is 6.42 Å². The van der Waals surface area contributed by atoms with Gasteiger partial charge in [-0.2, -0.15) is 0 Å². The van der Waals surface area contributed by atoms with Gasteiger partial charge in [0.25, 0.3) is 5.91 Å². The third kappa shape index (κ3) is 5.06. The molecule has 2 amide bonds. The second-order valence-corrected chi connectivity index (χ2v) is 9.22. The van der Waals surface area contributed by atoms with Crippen LogP contribution in [0.2, 0.25) is 0 Å². The highest BCUT2D eigenvalue weighted by Gasteiger charge is 2.46. The molecule has 1 heterocycles. The second kappa shape index (κ2) is 7.67. The molecule has 0 saturated carbocycles. The van der Waals surface area contributed by atoms with Crippen molar-refractivity contribution in [2.24, 2.45) is 0 Å². The molecule has 0 fully saturated rings. The van der Waals surface area contributed by atoms with E-state index in [1.54, 1.807) is 52.1 Å². The number of hydrogen-bond donors (Lipinski definition) is 0. The van der Waals surface area contributed by atoms with E-state index in [2.05, 4.69) is 0 Å². The van der Waals surface area contributed by atoms with Gasteiger partial charge in [0, 0.05) is 6.08 Å². The lowest BCUT2D eigenvalue weighted by Gasteiger charge is -2.38. The quantitative estimate of drug-likeness (QED) is 0.633. The Morgan fingerprint density at radius 3 is 2.19 bits per heavy atom. The first-order valence-electron chi connectivity index (χ1n) is 7.90. The predicted molar refractivity (Wildman–Crippen MR) is 103 cm³/mol. The zero-order valence-corrected chi connectivity index (χ0v) is 17.2. The highest BCUT2D eigenvalue weighted by atomic mass is 35.6. The van der Waals surface area contributed by atoms with Gasteiger partial charge < -0.3 is 9.47 Å². The molecular weight excluding hydrogens is 401 g/mol. The molecule has 26 heavy (non-hydrogen) atoms. The molecule has 1 aliphatic heterocycles. The lowest BCUT2D eigenvalue weighted by Crippen LogP contribution is -2.53. The number of hydrogen-bond acceptors (Lipinski definition) is 4. The lowest BCUT2D eigenvalue weighted by molar-refractivity contribution is -0.127. The van der Waals surface area contributed by atoms with Gasteiger partial charge in [0.2, 0.25) is 3.79 Å². The van der Waals surface area contributed by atoms with Crippen molar-refractivity contribution in [3.8, 4) is 5.75 Å². The van der Waals surface area contributed by atoms with Crippen molar-refractivity contribution in [1.29, 1.82) is 0 Å². The predicted octanol–water partition coefficient (Wildman–Crippen LogP) is 4.98. The van der Waals surface area contributed by atoms with Crippen molar-refractivity contribution < 1.29 is 19.1 Å². The van der Waals surface area contributed by atoms with Crippen molar-refractivity contribution in [3.63, 3.8) is 0 Å². The SMILES string of the molecule is COc1ccc(C2=CC(=O)N(C(=O)OC(C)(C)C)[C@H](C(Cl)(Cl)Cl)C2)cc1. The summed E-state index contributed by atoms with van der Waals surface area (Å²) in [7, 11) is 1.57. The highest BCUT2D eigenvalue weighted by Crippen LogP contribution is 2.41. The third-order valence-electron chi connectivity index (χ3n) is 3.69. The number of carbonyl (C=O) groups is 2. The molecule has 0 bridgehead atoms. The van der Waals surface area contributed by atoms with Gasteiger partial charge in [-0.05, 0) is 50.5 Å². The molecule has 0 saturated heterocycles. The molecule has 1 atom stereocenters. The van der Waals surface area contributed by atoms with Crippen LogP contribution in [0.25, 0.3) is 5.57 Å². The lowest BCUT2D eigenvalue weighted by atomic mass is 9.94. The normalized spacial score (nSPS) is 18.4. The Balaban J connectivity index is 2.38. The molecule has 0 radical (unpaired) electrons. The van der Waals surface area contributed by atoms with Crippen molar-refractivity contribution in [3.05, 3.63) is 35.9 Å². The Labute approximate surface area is 167 Å². The maximum atomic E-state index is 12.6. The summed E-state index contributed by atoms with van der Waals surface area (Å²) in [5, 5.41) is 0. The molecule has 2 rings (SSSR count). The summed E-state index contributed by atoms with van der Waals surface area (Å²) in [6.45, 7) is 5.09. The molecule has 0 N–H and O–H groups in total. The van der Waals surface area contributed by atoms with Gasteiger partial charge in [0.05, 0.1) is 13.2 Å². The number of ether oxygens (including phenoxy) is 2. The first-order chi connectivity index (χ1) is 11.9. The van der Waals surface area contributed by atoms with Gasteiger partial charge in [-0.25, -0.2) is 9.69 Å². The summed E-state index contributed by atoms with van der Waals surface area (Å²) in [4.78, 5) is 26.0. The van der Waals surface area contributed by atoms with Crippen molar-refractivity contribution in [2.45, 2.75) is 42.6 Å². The van der Waals surface area contributed by atoms with Crippen LogP contribution in [0.3, 0.4) is 0 Å². The van der Waals surface area contributed by atoms with E-state index in [0.717, 1.165) is 10.5 Å². The molecule has 1 aliphatic rings. The minimum atomic E-state index is -1.86. The number of alkyl halides is 3. The minimum absolute atomic E-state index is 0.188. The summed E-state index contributed by atoms with van der Waals surface area (Å²) < 4.78 is 8.55. The summed E-state index contributed by atoms with van der Waals surface area (Å²) in [5.74, 6) is 0.0948. The Kier molecular flexibility index (Phi) is 6.16. The van der Waals surface area contributed by atoms with E-state index in [4.69, 9.17) is 44.3 Å². The van der Waals surface area contributed by atoms with Crippen LogP contribution < -0.4 is 4.74 Å². The number of amides is 2. The van der Waals surface area contributed by atoms with E-state index in [0.29, 0.717) is 11.3 Å². The molecule has 8 heteroatoms. The number of nitrogens with zero attached hydrogens (tertiary/aromatic N) is 1. The maximum Gasteiger partial charge on any atom is 0.417 e. The average Bonchev–Trinajstić information content (AvgIpc) is 2.51. The summed E-state index contributed by atoms with van der Waals surface area (Å²) in [5.41, 5.74) is 0.659. The van der Waals surface area contributed by atoms with Crippen molar-refractivity contribution in [1.82, 2.24) is 4.90 Å². The van der Waals surface area contributed by atoms with Gasteiger partial charge in [0.15, 0.2) is 0 Å². The number of methoxy groups -OCH3 is 1. The molecular formula is C18H20Cl3NO4. The fourth-order valence-corrected chi connectivity index (χ4v) is 3.05. The fraction of sp³-hybridized carbons (Fsp3) is 0.444. The van der Waals surface area contributed by atoms with Crippen LogP contribution in [0.4, 0.5) is 4.79 Å². The molecule has 142 valence electrons. The largest absolute Gasteiger partial charge is 0.497 e. The third-order valence-corrected chi connectivity index (χ3v) is 4.44. The van der Waals surface area contributed by atoms with Crippen LogP contribution in [0, 0.1) is 0 Å². The topological polar surface area (TPSA) is 55.8 Å². The Morgan fingerprint density at radius 2 is 1.73 bits per heavy atom. The standard InChI is InChI=1S/C18H20Cl3NO4/c1-17(2,3)26-16(24)22-14(18(19,20)21)9-12(10-15(22)23)11-5-7-13(25-4)8-6-11/h5-8,10,14H,9H2,1-4H3/t14-/m0/s1. The molecule has 0 unspecified atom stereocenters. The Morgan fingerprint density at radius 1 is 1.15 bits per heavy atom. The van der Waals surface area contributed by atoms with Crippen LogP contribution in [0.5, 0.6) is 5.75 Å². The van der Waals surface area contributed by atoms with Crippen LogP contribution in [-0.2, 0) is 9.53 Å². The van der Waals surface area contributed by atoms with E-state index < -0.39 is 27.4 Å². The van der Waals surface area contributed by atoms with Gasteiger partial charge in [-0.15, -0.1) is 0 Å². The number of imide groups is 1. The van der Waals surface area contributed by atoms with E-state index in [1.807, 2.05) is 0 Å². The van der Waals surface area contributed by atoms with E-state index >= 15 is 0 Å². The summed E-state index contributed by atoms with van der Waals surface area (Å²) in [6, 6.07) is 6.15. The van der Waals surface area contributed by atoms with Crippen molar-refractivity contribution >= 4 is 52.4 Å². The number of rotatable bonds is 2. The summed E-state index contributed by atoms with van der Waals surface area (Å²) >= 11 is 18.2. The Bertz CT molecular complexity index is 717. The van der Waals surface area contributed by atoms with Gasteiger partial charge in [0.1, 0.15) is 11.4 Å². The number of halogens is 3. The van der Waals surface area contributed by atoms with Gasteiger partial charge in [-0.3, -0.25) is 4.79 Å². The molecule has 5 nitrogen and oxygen atoms in total. The van der Waals surface area contributed by atoms with E-state index in [1.165, 1.54) is 6.08 Å². The van der Waals surface area contributed by atoms with Crippen LogP contribution in [-0.4, -0.2) is 39.4 Å². The first kappa shape index (κ1) is 20.9. The van der Waals surface area contributed by atoms with Gasteiger partial charge in [-0.1, -0.05) is 46.9 Å². The maximum absolute atomic E-state index is 12.6. The van der Waals surface area contributed by atoms with E-state index in [9.17, 15) is 9.59 Å². The van der Waals surface area contributed by atoms with Crippen molar-refractivity contribution in [2.75, 3.05) is 7.11 Å². The number of benzene rings is 1. The zero-order valence-electron chi connectivity index (χ0n) is 14.9. The Hall–Kier alpha value is -1.43. The molecule has 1 aromatic rings. The smallest absolute Gasteiger partial charge is 0.417 e. The van der Waals surface area contributed by atoms with Crippen LogP contribution >= 0.6 is 34.8 Å². The summed E-state index contributed by atoms with van der Waals surface area (Å²) in [6.07, 6.45) is 0.704. The fourth-order valence-electron chi connectivity index (χ4n) is 2.53. The van der Waals surface area contributed by atoms with Crippen LogP contribution in [0.1, 0.15) is 32.8 Å². The number of carbonyl (C=O) groups excluding carboxylic acids is 2. The molecule has 0 aliphatic carbocycles. The highest BCUT2D eigenvalue weighted by molar-refractivity contribution is 6.68. The second-order valence-electron chi connectivity index (χ2n) is 6.85. The van der Waals surface area contributed by atoms with Gasteiger partial charge >= 0.3 is 6.09 Å². The molecule has 0 spiro atoms. The zero-order chi connectivity index (χ0) is 19.7. The molecule has 0 aromatic heterocycles. The first-order valence-corrected chi connectivity index (χ1v) is 9.03.